The van der Waals surface area contributed by atoms with Crippen molar-refractivity contribution < 1.29 is 23.1 Å². The van der Waals surface area contributed by atoms with Crippen molar-refractivity contribution >= 4 is 21.9 Å². The molecule has 23 heavy (non-hydrogen) atoms. The molecule has 0 radical (unpaired) electrons. The fraction of sp³-hybridized carbons (Fsp3) is 0.467. The lowest BCUT2D eigenvalue weighted by Crippen LogP contribution is -2.37. The van der Waals surface area contributed by atoms with E-state index >= 15 is 0 Å². The molecular formula is C15H20N2O5S. The van der Waals surface area contributed by atoms with Crippen molar-refractivity contribution in [2.24, 2.45) is 0 Å². The van der Waals surface area contributed by atoms with E-state index in [1.807, 2.05) is 0 Å². The molecule has 1 aromatic rings. The van der Waals surface area contributed by atoms with Crippen LogP contribution in [0.25, 0.3) is 0 Å². The summed E-state index contributed by atoms with van der Waals surface area (Å²) in [5, 5.41) is 9.10. The van der Waals surface area contributed by atoms with Crippen LogP contribution in [0.15, 0.2) is 18.2 Å². The van der Waals surface area contributed by atoms with Crippen LogP contribution in [0.3, 0.4) is 0 Å². The van der Waals surface area contributed by atoms with Crippen molar-refractivity contribution in [3.8, 4) is 0 Å². The van der Waals surface area contributed by atoms with Gasteiger partial charge in [-0.3, -0.25) is 4.79 Å². The minimum atomic E-state index is -3.27. The van der Waals surface area contributed by atoms with E-state index in [2.05, 4.69) is 0 Å². The highest BCUT2D eigenvalue weighted by molar-refractivity contribution is 7.88. The quantitative estimate of drug-likeness (QED) is 0.878. The number of amides is 1. The highest BCUT2D eigenvalue weighted by Gasteiger charge is 2.25. The number of carboxylic acids is 1. The van der Waals surface area contributed by atoms with Gasteiger partial charge in [0.1, 0.15) is 0 Å². The Morgan fingerprint density at radius 3 is 2.30 bits per heavy atom. The van der Waals surface area contributed by atoms with Gasteiger partial charge in [0.15, 0.2) is 0 Å². The molecule has 2 rings (SSSR count). The first-order valence-corrected chi connectivity index (χ1v) is 9.12. The standard InChI is InChI=1S/C15H20N2O5S/c1-11-8-12(10-13(9-11)15(19)20)14(18)16-4-3-5-17(7-6-16)23(2,21)22/h8-10H,3-7H2,1-2H3,(H,19,20). The van der Waals surface area contributed by atoms with Crippen molar-refractivity contribution in [3.05, 3.63) is 34.9 Å². The van der Waals surface area contributed by atoms with Gasteiger partial charge >= 0.3 is 5.97 Å². The number of aryl methyl sites for hydroxylation is 1. The van der Waals surface area contributed by atoms with E-state index in [1.165, 1.54) is 16.4 Å². The van der Waals surface area contributed by atoms with Crippen LogP contribution in [0.5, 0.6) is 0 Å². The Bertz CT molecular complexity index is 729. The Kier molecular flexibility index (Phi) is 5.06. The Morgan fingerprint density at radius 1 is 1.04 bits per heavy atom. The molecule has 1 aromatic carbocycles. The number of nitrogens with zero attached hydrogens (tertiary/aromatic N) is 2. The molecule has 1 fully saturated rings. The van der Waals surface area contributed by atoms with Gasteiger partial charge in [0, 0.05) is 31.7 Å². The van der Waals surface area contributed by atoms with Gasteiger partial charge in [-0.25, -0.2) is 17.5 Å². The van der Waals surface area contributed by atoms with Crippen molar-refractivity contribution in [3.63, 3.8) is 0 Å². The van der Waals surface area contributed by atoms with Gasteiger partial charge in [-0.2, -0.15) is 0 Å². The molecule has 1 saturated heterocycles. The summed E-state index contributed by atoms with van der Waals surface area (Å²) in [5.74, 6) is -1.35. The van der Waals surface area contributed by atoms with E-state index in [9.17, 15) is 18.0 Å². The highest BCUT2D eigenvalue weighted by atomic mass is 32.2. The zero-order valence-corrected chi connectivity index (χ0v) is 14.0. The molecule has 1 amide bonds. The molecule has 1 N–H and O–H groups in total. The zero-order chi connectivity index (χ0) is 17.2. The highest BCUT2D eigenvalue weighted by Crippen LogP contribution is 2.15. The van der Waals surface area contributed by atoms with Crippen LogP contribution in [-0.2, 0) is 10.0 Å². The maximum Gasteiger partial charge on any atom is 0.335 e. The summed E-state index contributed by atoms with van der Waals surface area (Å²) in [6, 6.07) is 4.51. The van der Waals surface area contributed by atoms with E-state index in [0.717, 1.165) is 6.26 Å². The Morgan fingerprint density at radius 2 is 1.70 bits per heavy atom. The summed E-state index contributed by atoms with van der Waals surface area (Å²) in [4.78, 5) is 25.3. The minimum Gasteiger partial charge on any atom is -0.478 e. The normalized spacial score (nSPS) is 16.9. The van der Waals surface area contributed by atoms with Crippen molar-refractivity contribution in [1.29, 1.82) is 0 Å². The average Bonchev–Trinajstić information content (AvgIpc) is 2.71. The van der Waals surface area contributed by atoms with Gasteiger partial charge in [-0.15, -0.1) is 0 Å². The third kappa shape index (κ3) is 4.29. The molecule has 7 nitrogen and oxygen atoms in total. The molecule has 1 heterocycles. The maximum atomic E-state index is 12.6. The average molecular weight is 340 g/mol. The van der Waals surface area contributed by atoms with Gasteiger partial charge in [-0.1, -0.05) is 0 Å². The van der Waals surface area contributed by atoms with E-state index in [1.54, 1.807) is 17.9 Å². The van der Waals surface area contributed by atoms with E-state index in [4.69, 9.17) is 5.11 Å². The number of aromatic carboxylic acids is 1. The van der Waals surface area contributed by atoms with Gasteiger partial charge in [0.25, 0.3) is 5.91 Å². The van der Waals surface area contributed by atoms with Crippen molar-refractivity contribution in [2.75, 3.05) is 32.4 Å². The first-order chi connectivity index (χ1) is 10.7. The summed E-state index contributed by atoms with van der Waals surface area (Å²) in [7, 11) is -3.27. The number of hydrogen-bond donors (Lipinski definition) is 1. The van der Waals surface area contributed by atoms with E-state index in [-0.39, 0.29) is 18.0 Å². The molecule has 8 heteroatoms. The van der Waals surface area contributed by atoms with Crippen LogP contribution in [0.2, 0.25) is 0 Å². The summed E-state index contributed by atoms with van der Waals surface area (Å²) in [6.07, 6.45) is 1.71. The summed E-state index contributed by atoms with van der Waals surface area (Å²) in [6.45, 7) is 3.11. The van der Waals surface area contributed by atoms with Crippen LogP contribution < -0.4 is 0 Å². The number of carboxylic acid groups (broad SMARTS) is 1. The molecular weight excluding hydrogens is 320 g/mol. The fourth-order valence-corrected chi connectivity index (χ4v) is 3.52. The second-order valence-electron chi connectivity index (χ2n) is 5.70. The molecule has 0 spiro atoms. The predicted octanol–water partition coefficient (Wildman–Crippen LogP) is 0.801. The van der Waals surface area contributed by atoms with Gasteiger partial charge < -0.3 is 10.0 Å². The monoisotopic (exact) mass is 340 g/mol. The van der Waals surface area contributed by atoms with E-state index in [0.29, 0.717) is 37.2 Å². The second-order valence-corrected chi connectivity index (χ2v) is 7.68. The predicted molar refractivity (Wildman–Crippen MR) is 85.1 cm³/mol. The third-order valence-corrected chi connectivity index (χ3v) is 5.09. The number of benzene rings is 1. The number of carbonyl (C=O) groups excluding carboxylic acids is 1. The molecule has 0 atom stereocenters. The lowest BCUT2D eigenvalue weighted by atomic mass is 10.1. The van der Waals surface area contributed by atoms with Crippen LogP contribution >= 0.6 is 0 Å². The SMILES string of the molecule is Cc1cc(C(=O)O)cc(C(=O)N2CCCN(S(C)(=O)=O)CC2)c1. The Labute approximate surface area is 135 Å². The van der Waals surface area contributed by atoms with E-state index < -0.39 is 16.0 Å². The lowest BCUT2D eigenvalue weighted by molar-refractivity contribution is 0.0696. The van der Waals surface area contributed by atoms with Crippen LogP contribution in [0.4, 0.5) is 0 Å². The van der Waals surface area contributed by atoms with Gasteiger partial charge in [-0.05, 0) is 37.1 Å². The Hall–Kier alpha value is -1.93. The van der Waals surface area contributed by atoms with Crippen molar-refractivity contribution in [1.82, 2.24) is 9.21 Å². The Balaban J connectivity index is 2.19. The number of hydrogen-bond acceptors (Lipinski definition) is 4. The van der Waals surface area contributed by atoms with Gasteiger partial charge in [0.05, 0.1) is 11.8 Å². The molecule has 0 saturated carbocycles. The molecule has 0 aliphatic carbocycles. The number of sulfonamides is 1. The molecule has 1 aliphatic heterocycles. The molecule has 0 aromatic heterocycles. The number of rotatable bonds is 3. The first kappa shape index (κ1) is 17.4. The van der Waals surface area contributed by atoms with Gasteiger partial charge in [0.2, 0.25) is 10.0 Å². The number of carbonyl (C=O) groups is 2. The second kappa shape index (κ2) is 6.67. The van der Waals surface area contributed by atoms with Crippen molar-refractivity contribution in [2.45, 2.75) is 13.3 Å². The molecule has 126 valence electrons. The first-order valence-electron chi connectivity index (χ1n) is 7.28. The van der Waals surface area contributed by atoms with Crippen LogP contribution in [0, 0.1) is 6.92 Å². The lowest BCUT2D eigenvalue weighted by Gasteiger charge is -2.21. The molecule has 0 bridgehead atoms. The third-order valence-electron chi connectivity index (χ3n) is 3.78. The van der Waals surface area contributed by atoms with Crippen LogP contribution in [0.1, 0.15) is 32.7 Å². The smallest absolute Gasteiger partial charge is 0.335 e. The summed E-state index contributed by atoms with van der Waals surface area (Å²) in [5.41, 5.74) is 1.08. The van der Waals surface area contributed by atoms with Crippen LogP contribution in [-0.4, -0.2) is 67.0 Å². The molecule has 1 aliphatic rings. The fourth-order valence-electron chi connectivity index (χ4n) is 2.64. The maximum absolute atomic E-state index is 12.6. The largest absolute Gasteiger partial charge is 0.478 e. The summed E-state index contributed by atoms with van der Waals surface area (Å²) < 4.78 is 24.6. The summed E-state index contributed by atoms with van der Waals surface area (Å²) >= 11 is 0. The molecule has 0 unspecified atom stereocenters. The topological polar surface area (TPSA) is 95.0 Å². The minimum absolute atomic E-state index is 0.0703. The zero-order valence-electron chi connectivity index (χ0n) is 13.2.